The minimum atomic E-state index is -3.89. The summed E-state index contributed by atoms with van der Waals surface area (Å²) in [6.07, 6.45) is 1.15. The van der Waals surface area contributed by atoms with Gasteiger partial charge in [0.25, 0.3) is 14.6 Å². The summed E-state index contributed by atoms with van der Waals surface area (Å²) >= 11 is 2.94. The number of benzene rings is 1. The number of hydrogen-bond acceptors (Lipinski definition) is 3. The second-order valence-corrected chi connectivity index (χ2v) is 6.39. The molecule has 0 aliphatic rings. The highest BCUT2D eigenvalue weighted by Gasteiger charge is 2.17. The quantitative estimate of drug-likeness (QED) is 0.755. The van der Waals surface area contributed by atoms with Crippen LogP contribution in [0.2, 0.25) is 0 Å². The Morgan fingerprint density at radius 2 is 1.75 bits per heavy atom. The molecule has 0 aliphatic carbocycles. The van der Waals surface area contributed by atoms with E-state index >= 15 is 0 Å². The van der Waals surface area contributed by atoms with Crippen LogP contribution in [0, 0.1) is 0 Å². The van der Waals surface area contributed by atoms with Gasteiger partial charge in [-0.2, -0.15) is 0 Å². The summed E-state index contributed by atoms with van der Waals surface area (Å²) < 4.78 is 23.7. The maximum Gasteiger partial charge on any atom is 0.268 e. The summed E-state index contributed by atoms with van der Waals surface area (Å²) in [5.41, 5.74) is -0.334. The van der Waals surface area contributed by atoms with E-state index in [1.807, 2.05) is 0 Å². The van der Waals surface area contributed by atoms with E-state index in [1.54, 1.807) is 24.3 Å². The molecule has 0 N–H and O–H groups in total. The largest absolute Gasteiger partial charge is 0.268 e. The van der Waals surface area contributed by atoms with Crippen molar-refractivity contribution in [1.29, 1.82) is 0 Å². The third-order valence-electron chi connectivity index (χ3n) is 2.11. The fourth-order valence-corrected chi connectivity index (χ4v) is 3.00. The number of rotatable bonds is 1. The van der Waals surface area contributed by atoms with Gasteiger partial charge in [-0.05, 0) is 6.07 Å². The SMILES string of the molecule is O=c1c2ccccc2c(S(=O)(=O)Cl)cn1Br. The van der Waals surface area contributed by atoms with E-state index in [2.05, 4.69) is 16.1 Å². The number of fused-ring (bicyclic) bond motifs is 1. The average molecular weight is 323 g/mol. The summed E-state index contributed by atoms with van der Waals surface area (Å²) in [6.45, 7) is 0. The van der Waals surface area contributed by atoms with Gasteiger partial charge in [0.05, 0.1) is 16.1 Å². The van der Waals surface area contributed by atoms with Crippen LogP contribution in [-0.2, 0) is 9.05 Å². The molecular formula is C9H5BrClNO3S. The van der Waals surface area contributed by atoms with Gasteiger partial charge in [0, 0.05) is 27.7 Å². The van der Waals surface area contributed by atoms with Crippen LogP contribution in [0.1, 0.15) is 0 Å². The van der Waals surface area contributed by atoms with Crippen LogP contribution in [0.3, 0.4) is 0 Å². The first-order chi connectivity index (χ1) is 7.41. The molecule has 1 aromatic heterocycles. The van der Waals surface area contributed by atoms with Crippen molar-refractivity contribution in [2.75, 3.05) is 0 Å². The van der Waals surface area contributed by atoms with Gasteiger partial charge in [-0.1, -0.05) is 18.2 Å². The highest BCUT2D eigenvalue weighted by molar-refractivity contribution is 9.08. The molecule has 84 valence electrons. The van der Waals surface area contributed by atoms with E-state index in [4.69, 9.17) is 10.7 Å². The lowest BCUT2D eigenvalue weighted by atomic mass is 10.2. The molecule has 0 bridgehead atoms. The molecule has 0 radical (unpaired) electrons. The van der Waals surface area contributed by atoms with E-state index in [1.165, 1.54) is 0 Å². The van der Waals surface area contributed by atoms with Gasteiger partial charge in [-0.15, -0.1) is 0 Å². The molecule has 2 rings (SSSR count). The highest BCUT2D eigenvalue weighted by Crippen LogP contribution is 2.23. The highest BCUT2D eigenvalue weighted by atomic mass is 79.9. The van der Waals surface area contributed by atoms with Gasteiger partial charge in [-0.25, -0.2) is 12.0 Å². The van der Waals surface area contributed by atoms with E-state index in [0.29, 0.717) is 10.8 Å². The van der Waals surface area contributed by atoms with Crippen LogP contribution in [0.5, 0.6) is 0 Å². The third-order valence-corrected chi connectivity index (χ3v) is 3.99. The standard InChI is InChI=1S/C9H5BrClNO3S/c10-12-5-8(16(11,14)15)6-3-1-2-4-7(6)9(12)13/h1-5H. The van der Waals surface area contributed by atoms with Crippen LogP contribution in [0.25, 0.3) is 10.8 Å². The fraction of sp³-hybridized carbons (Fsp3) is 0. The van der Waals surface area contributed by atoms with Crippen LogP contribution in [-0.4, -0.2) is 12.0 Å². The Kier molecular flexibility index (Phi) is 2.81. The zero-order valence-corrected chi connectivity index (χ0v) is 10.9. The predicted molar refractivity (Wildman–Crippen MR) is 65.6 cm³/mol. The van der Waals surface area contributed by atoms with Crippen molar-refractivity contribution in [3.05, 3.63) is 40.8 Å². The van der Waals surface area contributed by atoms with E-state index in [9.17, 15) is 13.2 Å². The summed E-state index contributed by atoms with van der Waals surface area (Å²) in [5.74, 6) is 0. The molecule has 7 heteroatoms. The van der Waals surface area contributed by atoms with Crippen LogP contribution < -0.4 is 5.56 Å². The number of halogens is 2. The van der Waals surface area contributed by atoms with Crippen molar-refractivity contribution in [3.63, 3.8) is 0 Å². The van der Waals surface area contributed by atoms with E-state index < -0.39 is 9.05 Å². The molecule has 0 saturated carbocycles. The third kappa shape index (κ3) is 1.88. The molecule has 0 fully saturated rings. The maximum atomic E-state index is 11.7. The zero-order chi connectivity index (χ0) is 11.9. The Balaban J connectivity index is 3.09. The lowest BCUT2D eigenvalue weighted by Crippen LogP contribution is -2.14. The molecule has 2 aromatic rings. The van der Waals surface area contributed by atoms with Crippen molar-refractivity contribution in [1.82, 2.24) is 3.59 Å². The lowest BCUT2D eigenvalue weighted by Gasteiger charge is -2.04. The number of aromatic nitrogens is 1. The topological polar surface area (TPSA) is 56.1 Å². The fourth-order valence-electron chi connectivity index (χ4n) is 1.42. The van der Waals surface area contributed by atoms with Crippen molar-refractivity contribution < 1.29 is 8.42 Å². The first kappa shape index (κ1) is 11.6. The molecule has 1 aromatic carbocycles. The first-order valence-corrected chi connectivity index (χ1v) is 7.18. The Morgan fingerprint density at radius 1 is 1.19 bits per heavy atom. The second kappa shape index (κ2) is 3.87. The molecule has 0 amide bonds. The van der Waals surface area contributed by atoms with Crippen molar-refractivity contribution in [2.24, 2.45) is 0 Å². The molecule has 0 aliphatic heterocycles. The summed E-state index contributed by atoms with van der Waals surface area (Å²) in [7, 11) is 1.41. The monoisotopic (exact) mass is 321 g/mol. The van der Waals surface area contributed by atoms with Gasteiger partial charge in [0.2, 0.25) is 0 Å². The van der Waals surface area contributed by atoms with Crippen molar-refractivity contribution in [3.8, 4) is 0 Å². The molecule has 4 nitrogen and oxygen atoms in total. The first-order valence-electron chi connectivity index (χ1n) is 4.16. The second-order valence-electron chi connectivity index (χ2n) is 3.09. The molecule has 0 atom stereocenters. The van der Waals surface area contributed by atoms with E-state index in [-0.39, 0.29) is 10.5 Å². The van der Waals surface area contributed by atoms with Crippen molar-refractivity contribution in [2.45, 2.75) is 4.90 Å². The molecule has 16 heavy (non-hydrogen) atoms. The Hall–Kier alpha value is -0.850. The normalized spacial score (nSPS) is 11.9. The Morgan fingerprint density at radius 3 is 2.31 bits per heavy atom. The summed E-state index contributed by atoms with van der Waals surface area (Å²) in [6, 6.07) is 6.38. The molecule has 0 saturated heterocycles. The summed E-state index contributed by atoms with van der Waals surface area (Å²) in [4.78, 5) is 11.6. The molecule has 1 heterocycles. The maximum absolute atomic E-state index is 11.7. The molecule has 0 spiro atoms. The van der Waals surface area contributed by atoms with Crippen LogP contribution >= 0.6 is 26.8 Å². The van der Waals surface area contributed by atoms with Gasteiger partial charge >= 0.3 is 0 Å². The number of nitrogens with zero attached hydrogens (tertiary/aromatic N) is 1. The average Bonchev–Trinajstić information content (AvgIpc) is 2.22. The number of hydrogen-bond donors (Lipinski definition) is 0. The molecule has 0 unspecified atom stereocenters. The van der Waals surface area contributed by atoms with Crippen LogP contribution in [0.15, 0.2) is 40.2 Å². The Bertz CT molecular complexity index is 723. The minimum Gasteiger partial charge on any atom is -0.268 e. The van der Waals surface area contributed by atoms with Gasteiger partial charge in [-0.3, -0.25) is 4.79 Å². The predicted octanol–water partition coefficient (Wildman–Crippen LogP) is 2.09. The van der Waals surface area contributed by atoms with E-state index in [0.717, 1.165) is 9.79 Å². The number of pyridine rings is 1. The summed E-state index contributed by atoms with van der Waals surface area (Å²) in [5, 5.41) is 0.610. The van der Waals surface area contributed by atoms with Gasteiger partial charge in [0.15, 0.2) is 0 Å². The molecular weight excluding hydrogens is 318 g/mol. The smallest absolute Gasteiger partial charge is 0.268 e. The minimum absolute atomic E-state index is 0.0961. The Labute approximate surface area is 104 Å². The van der Waals surface area contributed by atoms with Crippen molar-refractivity contribution >= 4 is 46.7 Å². The zero-order valence-electron chi connectivity index (χ0n) is 7.72. The van der Waals surface area contributed by atoms with Gasteiger partial charge < -0.3 is 0 Å². The lowest BCUT2D eigenvalue weighted by molar-refractivity contribution is 0.610. The van der Waals surface area contributed by atoms with Crippen LogP contribution in [0.4, 0.5) is 0 Å². The van der Waals surface area contributed by atoms with Gasteiger partial charge in [0.1, 0.15) is 4.90 Å².